The lowest BCUT2D eigenvalue weighted by Gasteiger charge is -2.03. The fraction of sp³-hybridized carbons (Fsp3) is 0.375. The van der Waals surface area contributed by atoms with Crippen LogP contribution in [0.2, 0.25) is 0 Å². The Morgan fingerprint density at radius 2 is 2.15 bits per heavy atom. The van der Waals surface area contributed by atoms with Crippen molar-refractivity contribution in [2.24, 2.45) is 0 Å². The summed E-state index contributed by atoms with van der Waals surface area (Å²) >= 11 is 0. The number of rotatable bonds is 3. The molecule has 0 atom stereocenters. The van der Waals surface area contributed by atoms with Crippen molar-refractivity contribution in [2.45, 2.75) is 20.0 Å². The molecule has 0 radical (unpaired) electrons. The summed E-state index contributed by atoms with van der Waals surface area (Å²) in [5.74, 6) is 0. The van der Waals surface area contributed by atoms with Crippen LogP contribution in [-0.2, 0) is 17.9 Å². The van der Waals surface area contributed by atoms with Crippen LogP contribution in [0.25, 0.3) is 0 Å². The summed E-state index contributed by atoms with van der Waals surface area (Å²) < 4.78 is 2.27. The Morgan fingerprint density at radius 3 is 2.69 bits per heavy atom. The van der Waals surface area contributed by atoms with E-state index >= 15 is 0 Å². The van der Waals surface area contributed by atoms with Gasteiger partial charge < -0.3 is 9.36 Å². The van der Waals surface area contributed by atoms with Crippen molar-refractivity contribution in [1.82, 2.24) is 9.13 Å². The molecule has 0 saturated carbocycles. The average Bonchev–Trinajstić information content (AvgIpc) is 2.12. The number of nitrogens with zero attached hydrogens (tertiary/aromatic N) is 2. The minimum Gasteiger partial charge on any atom is -0.301 e. The minimum atomic E-state index is -0.443. The minimum absolute atomic E-state index is 0.182. The van der Waals surface area contributed by atoms with Gasteiger partial charge in [0.2, 0.25) is 0 Å². The van der Waals surface area contributed by atoms with Gasteiger partial charge in [-0.25, -0.2) is 4.79 Å². The maximum atomic E-state index is 11.4. The standard InChI is InChI=1S/C8H10N2O3/c1-2-9-4-3-7(12)10(5-6-11)8(9)13/h3-4,6H,2,5H2,1H3. The Labute approximate surface area is 74.2 Å². The van der Waals surface area contributed by atoms with E-state index in [0.717, 1.165) is 4.57 Å². The Morgan fingerprint density at radius 1 is 1.46 bits per heavy atom. The highest BCUT2D eigenvalue weighted by Gasteiger charge is 2.01. The van der Waals surface area contributed by atoms with Gasteiger partial charge in [0.25, 0.3) is 5.56 Å². The van der Waals surface area contributed by atoms with E-state index in [1.165, 1.54) is 16.8 Å². The number of aldehydes is 1. The largest absolute Gasteiger partial charge is 0.331 e. The third-order valence-corrected chi connectivity index (χ3v) is 1.74. The molecule has 5 heteroatoms. The maximum Gasteiger partial charge on any atom is 0.331 e. The molecule has 0 N–H and O–H groups in total. The second kappa shape index (κ2) is 3.84. The van der Waals surface area contributed by atoms with Crippen LogP contribution < -0.4 is 11.2 Å². The molecule has 0 unspecified atom stereocenters. The number of carbonyl (C=O) groups is 1. The van der Waals surface area contributed by atoms with Crippen molar-refractivity contribution in [3.63, 3.8) is 0 Å². The number of aryl methyl sites for hydroxylation is 1. The van der Waals surface area contributed by atoms with E-state index in [1.54, 1.807) is 6.92 Å². The lowest BCUT2D eigenvalue weighted by molar-refractivity contribution is -0.108. The smallest absolute Gasteiger partial charge is 0.301 e. The molecule has 1 aromatic heterocycles. The first-order chi connectivity index (χ1) is 6.20. The van der Waals surface area contributed by atoms with Gasteiger partial charge in [-0.05, 0) is 6.92 Å². The molecule has 0 bridgehead atoms. The number of aromatic nitrogens is 2. The van der Waals surface area contributed by atoms with E-state index in [4.69, 9.17) is 0 Å². The molecule has 0 aliphatic rings. The van der Waals surface area contributed by atoms with E-state index in [1.807, 2.05) is 0 Å². The zero-order valence-corrected chi connectivity index (χ0v) is 7.27. The molecule has 0 aliphatic heterocycles. The predicted molar refractivity (Wildman–Crippen MR) is 46.7 cm³/mol. The van der Waals surface area contributed by atoms with Crippen LogP contribution in [0.15, 0.2) is 21.9 Å². The van der Waals surface area contributed by atoms with Gasteiger partial charge in [-0.3, -0.25) is 9.36 Å². The second-order valence-electron chi connectivity index (χ2n) is 2.50. The van der Waals surface area contributed by atoms with Gasteiger partial charge in [0, 0.05) is 18.8 Å². The first-order valence-corrected chi connectivity index (χ1v) is 3.94. The summed E-state index contributed by atoms with van der Waals surface area (Å²) in [4.78, 5) is 32.6. The Bertz CT molecular complexity index is 416. The van der Waals surface area contributed by atoms with Crippen molar-refractivity contribution in [3.8, 4) is 0 Å². The Hall–Kier alpha value is -1.65. The second-order valence-corrected chi connectivity index (χ2v) is 2.50. The van der Waals surface area contributed by atoms with Crippen molar-refractivity contribution in [1.29, 1.82) is 0 Å². The lowest BCUT2D eigenvalue weighted by atomic mass is 10.5. The first kappa shape index (κ1) is 9.44. The summed E-state index contributed by atoms with van der Waals surface area (Å²) in [7, 11) is 0. The number of carbonyl (C=O) groups excluding carboxylic acids is 1. The monoisotopic (exact) mass is 182 g/mol. The molecule has 0 amide bonds. The molecule has 0 saturated heterocycles. The van der Waals surface area contributed by atoms with E-state index in [0.29, 0.717) is 12.8 Å². The highest BCUT2D eigenvalue weighted by Crippen LogP contribution is 1.76. The van der Waals surface area contributed by atoms with Gasteiger partial charge in [-0.15, -0.1) is 0 Å². The van der Waals surface area contributed by atoms with Crippen LogP contribution in [0.5, 0.6) is 0 Å². The van der Waals surface area contributed by atoms with Gasteiger partial charge in [0.15, 0.2) is 0 Å². The Balaban J connectivity index is 3.38. The molecule has 5 nitrogen and oxygen atoms in total. The molecule has 0 spiro atoms. The van der Waals surface area contributed by atoms with Crippen LogP contribution in [0.4, 0.5) is 0 Å². The van der Waals surface area contributed by atoms with E-state index < -0.39 is 11.2 Å². The van der Waals surface area contributed by atoms with Gasteiger partial charge in [-0.2, -0.15) is 0 Å². The van der Waals surface area contributed by atoms with E-state index in [2.05, 4.69) is 0 Å². The zero-order valence-electron chi connectivity index (χ0n) is 7.27. The average molecular weight is 182 g/mol. The molecule has 1 aromatic rings. The summed E-state index contributed by atoms with van der Waals surface area (Å²) in [6.07, 6.45) is 1.95. The molecule has 1 heterocycles. The maximum absolute atomic E-state index is 11.4. The SMILES string of the molecule is CCn1ccc(=O)n(CC=O)c1=O. The van der Waals surface area contributed by atoms with Crippen molar-refractivity contribution in [3.05, 3.63) is 33.1 Å². The predicted octanol–water partition coefficient (Wildman–Crippen LogP) is -0.771. The van der Waals surface area contributed by atoms with Gasteiger partial charge in [0.1, 0.15) is 6.29 Å². The number of hydrogen-bond donors (Lipinski definition) is 0. The fourth-order valence-electron chi connectivity index (χ4n) is 1.04. The third kappa shape index (κ3) is 1.74. The summed E-state index contributed by atoms with van der Waals surface area (Å²) in [6, 6.07) is 1.27. The van der Waals surface area contributed by atoms with Crippen molar-refractivity contribution >= 4 is 6.29 Å². The van der Waals surface area contributed by atoms with Crippen molar-refractivity contribution in [2.75, 3.05) is 0 Å². The molecule has 0 fully saturated rings. The summed E-state index contributed by atoms with van der Waals surface area (Å²) in [6.45, 7) is 2.09. The van der Waals surface area contributed by atoms with Gasteiger partial charge in [-0.1, -0.05) is 0 Å². The van der Waals surface area contributed by atoms with E-state index in [-0.39, 0.29) is 6.54 Å². The molecular formula is C8H10N2O3. The summed E-state index contributed by atoms with van der Waals surface area (Å²) in [5, 5.41) is 0. The quantitative estimate of drug-likeness (QED) is 0.576. The van der Waals surface area contributed by atoms with Gasteiger partial charge >= 0.3 is 5.69 Å². The first-order valence-electron chi connectivity index (χ1n) is 3.94. The van der Waals surface area contributed by atoms with Crippen molar-refractivity contribution < 1.29 is 4.79 Å². The molecule has 0 aliphatic carbocycles. The highest BCUT2D eigenvalue weighted by atomic mass is 16.2. The highest BCUT2D eigenvalue weighted by molar-refractivity contribution is 5.48. The molecule has 13 heavy (non-hydrogen) atoms. The summed E-state index contributed by atoms with van der Waals surface area (Å²) in [5.41, 5.74) is -0.885. The molecule has 70 valence electrons. The fourth-order valence-corrected chi connectivity index (χ4v) is 1.04. The normalized spacial score (nSPS) is 9.92. The van der Waals surface area contributed by atoms with Crippen LogP contribution in [0, 0.1) is 0 Å². The third-order valence-electron chi connectivity index (χ3n) is 1.74. The molecular weight excluding hydrogens is 172 g/mol. The van der Waals surface area contributed by atoms with Crippen LogP contribution in [0.1, 0.15) is 6.92 Å². The molecule has 1 rings (SSSR count). The lowest BCUT2D eigenvalue weighted by Crippen LogP contribution is -2.39. The van der Waals surface area contributed by atoms with Crippen LogP contribution in [-0.4, -0.2) is 15.4 Å². The van der Waals surface area contributed by atoms with Crippen LogP contribution in [0.3, 0.4) is 0 Å². The Kier molecular flexibility index (Phi) is 2.79. The van der Waals surface area contributed by atoms with Gasteiger partial charge in [0.05, 0.1) is 6.54 Å². The molecule has 0 aromatic carbocycles. The topological polar surface area (TPSA) is 61.1 Å². The van der Waals surface area contributed by atoms with Crippen LogP contribution >= 0.6 is 0 Å². The number of hydrogen-bond acceptors (Lipinski definition) is 3. The van der Waals surface area contributed by atoms with E-state index in [9.17, 15) is 14.4 Å². The zero-order chi connectivity index (χ0) is 9.84.